The van der Waals surface area contributed by atoms with Gasteiger partial charge in [-0.3, -0.25) is 0 Å². The highest BCUT2D eigenvalue weighted by atomic mass is 32.1. The van der Waals surface area contributed by atoms with Crippen LogP contribution >= 0.6 is 11.3 Å². The van der Waals surface area contributed by atoms with Crippen molar-refractivity contribution in [1.29, 1.82) is 0 Å². The average molecular weight is 210 g/mol. The van der Waals surface area contributed by atoms with Crippen molar-refractivity contribution in [3.8, 4) is 0 Å². The minimum absolute atomic E-state index is 0.312. The van der Waals surface area contributed by atoms with E-state index in [1.165, 1.54) is 0 Å². The second-order valence-electron chi connectivity index (χ2n) is 3.67. The van der Waals surface area contributed by atoms with Gasteiger partial charge in [-0.1, -0.05) is 17.4 Å². The van der Waals surface area contributed by atoms with Crippen molar-refractivity contribution < 1.29 is 9.52 Å². The standard InChI is InChI=1S/C10H10O3S/c1-10(2,12)6-3-4-7-8(5-6)14-9(11)13-7/h3-5,12H,1-2H3. The predicted octanol–water partition coefficient (Wildman–Crippen LogP) is 2.08. The largest absolute Gasteiger partial charge is 0.414 e. The maximum Gasteiger partial charge on any atom is 0.396 e. The van der Waals surface area contributed by atoms with E-state index in [1.54, 1.807) is 32.0 Å². The molecule has 1 aromatic carbocycles. The maximum atomic E-state index is 10.9. The van der Waals surface area contributed by atoms with Gasteiger partial charge in [-0.05, 0) is 31.5 Å². The van der Waals surface area contributed by atoms with Gasteiger partial charge >= 0.3 is 4.94 Å². The molecule has 0 aliphatic carbocycles. The molecule has 2 rings (SSSR count). The molecule has 0 spiro atoms. The first kappa shape index (κ1) is 9.43. The van der Waals surface area contributed by atoms with E-state index in [2.05, 4.69) is 0 Å². The number of rotatable bonds is 1. The van der Waals surface area contributed by atoms with Crippen molar-refractivity contribution in [3.63, 3.8) is 0 Å². The van der Waals surface area contributed by atoms with E-state index in [0.29, 0.717) is 5.58 Å². The molecule has 0 aliphatic rings. The van der Waals surface area contributed by atoms with Crippen LogP contribution in [0.25, 0.3) is 10.3 Å². The van der Waals surface area contributed by atoms with Crippen LogP contribution in [0.5, 0.6) is 0 Å². The van der Waals surface area contributed by atoms with Crippen LogP contribution in [0.15, 0.2) is 27.4 Å². The second kappa shape index (κ2) is 2.93. The quantitative estimate of drug-likeness (QED) is 0.784. The molecule has 0 radical (unpaired) electrons. The molecule has 2 aromatic rings. The van der Waals surface area contributed by atoms with Crippen LogP contribution in [0, 0.1) is 0 Å². The third-order valence-electron chi connectivity index (χ3n) is 2.04. The van der Waals surface area contributed by atoms with Gasteiger partial charge in [0, 0.05) is 0 Å². The summed E-state index contributed by atoms with van der Waals surface area (Å²) in [6, 6.07) is 5.25. The lowest BCUT2D eigenvalue weighted by Gasteiger charge is -2.16. The summed E-state index contributed by atoms with van der Waals surface area (Å²) in [5.41, 5.74) is 0.469. The van der Waals surface area contributed by atoms with Crippen molar-refractivity contribution in [2.45, 2.75) is 19.4 Å². The van der Waals surface area contributed by atoms with E-state index in [1.807, 2.05) is 0 Å². The monoisotopic (exact) mass is 210 g/mol. The fourth-order valence-electron chi connectivity index (χ4n) is 1.25. The van der Waals surface area contributed by atoms with Crippen LogP contribution in [-0.4, -0.2) is 5.11 Å². The van der Waals surface area contributed by atoms with Gasteiger partial charge in [0.2, 0.25) is 0 Å². The van der Waals surface area contributed by atoms with E-state index in [0.717, 1.165) is 21.6 Å². The highest BCUT2D eigenvalue weighted by Gasteiger charge is 2.16. The Bertz CT molecular complexity index is 516. The molecule has 1 aromatic heterocycles. The number of aliphatic hydroxyl groups is 1. The zero-order valence-electron chi connectivity index (χ0n) is 7.90. The third-order valence-corrected chi connectivity index (χ3v) is 2.83. The molecule has 0 bridgehead atoms. The molecule has 0 fully saturated rings. The topological polar surface area (TPSA) is 50.4 Å². The SMILES string of the molecule is CC(C)(O)c1ccc2oc(=O)sc2c1. The molecule has 0 unspecified atom stereocenters. The molecule has 14 heavy (non-hydrogen) atoms. The van der Waals surface area contributed by atoms with Crippen molar-refractivity contribution in [2.24, 2.45) is 0 Å². The summed E-state index contributed by atoms with van der Waals surface area (Å²) < 4.78 is 5.69. The van der Waals surface area contributed by atoms with Gasteiger partial charge < -0.3 is 9.52 Å². The molecule has 0 amide bonds. The van der Waals surface area contributed by atoms with Crippen LogP contribution < -0.4 is 4.94 Å². The summed E-state index contributed by atoms with van der Waals surface area (Å²) in [5, 5.41) is 9.75. The van der Waals surface area contributed by atoms with Crippen molar-refractivity contribution in [2.75, 3.05) is 0 Å². The lowest BCUT2D eigenvalue weighted by molar-refractivity contribution is 0.0787. The minimum Gasteiger partial charge on any atom is -0.414 e. The van der Waals surface area contributed by atoms with Crippen LogP contribution in [0.1, 0.15) is 19.4 Å². The Kier molecular flexibility index (Phi) is 1.97. The summed E-state index contributed by atoms with van der Waals surface area (Å²) in [6.07, 6.45) is 0. The Morgan fingerprint density at radius 1 is 1.43 bits per heavy atom. The molecule has 4 heteroatoms. The molecule has 1 heterocycles. The Balaban J connectivity index is 2.67. The van der Waals surface area contributed by atoms with E-state index < -0.39 is 5.60 Å². The fraction of sp³-hybridized carbons (Fsp3) is 0.300. The van der Waals surface area contributed by atoms with Crippen molar-refractivity contribution >= 4 is 21.6 Å². The lowest BCUT2D eigenvalue weighted by Crippen LogP contribution is -2.14. The fourth-order valence-corrected chi connectivity index (χ4v) is 1.96. The first-order chi connectivity index (χ1) is 6.47. The second-order valence-corrected chi connectivity index (χ2v) is 4.65. The summed E-state index contributed by atoms with van der Waals surface area (Å²) in [7, 11) is 0. The lowest BCUT2D eigenvalue weighted by atomic mass is 9.99. The van der Waals surface area contributed by atoms with Crippen LogP contribution in [0.3, 0.4) is 0 Å². The van der Waals surface area contributed by atoms with Gasteiger partial charge in [0.15, 0.2) is 0 Å². The molecule has 0 atom stereocenters. The van der Waals surface area contributed by atoms with Crippen LogP contribution in [0.4, 0.5) is 0 Å². The molecule has 0 aliphatic heterocycles. The van der Waals surface area contributed by atoms with Crippen molar-refractivity contribution in [3.05, 3.63) is 33.5 Å². The Morgan fingerprint density at radius 2 is 2.14 bits per heavy atom. The summed E-state index contributed by atoms with van der Waals surface area (Å²) in [6.45, 7) is 3.41. The highest BCUT2D eigenvalue weighted by molar-refractivity contribution is 7.16. The number of hydrogen-bond donors (Lipinski definition) is 1. The summed E-state index contributed by atoms with van der Waals surface area (Å²) in [4.78, 5) is 10.6. The van der Waals surface area contributed by atoms with Crippen LogP contribution in [-0.2, 0) is 5.60 Å². The minimum atomic E-state index is -0.888. The van der Waals surface area contributed by atoms with E-state index in [4.69, 9.17) is 4.42 Å². The highest BCUT2D eigenvalue weighted by Crippen LogP contribution is 2.25. The predicted molar refractivity (Wildman–Crippen MR) is 55.6 cm³/mol. The summed E-state index contributed by atoms with van der Waals surface area (Å²) in [5.74, 6) is 0. The molecule has 0 saturated carbocycles. The Morgan fingerprint density at radius 3 is 2.79 bits per heavy atom. The van der Waals surface area contributed by atoms with Gasteiger partial charge in [-0.25, -0.2) is 4.79 Å². The molecule has 1 N–H and O–H groups in total. The number of benzene rings is 1. The average Bonchev–Trinajstić information content (AvgIpc) is 2.41. The van der Waals surface area contributed by atoms with Crippen LogP contribution in [0.2, 0.25) is 0 Å². The normalized spacial score (nSPS) is 12.2. The maximum absolute atomic E-state index is 10.9. The first-order valence-corrected chi connectivity index (χ1v) is 5.05. The van der Waals surface area contributed by atoms with E-state index in [-0.39, 0.29) is 4.94 Å². The smallest absolute Gasteiger partial charge is 0.396 e. The van der Waals surface area contributed by atoms with Gasteiger partial charge in [0.1, 0.15) is 5.58 Å². The number of fused-ring (bicyclic) bond motifs is 1. The van der Waals surface area contributed by atoms with E-state index in [9.17, 15) is 9.90 Å². The first-order valence-electron chi connectivity index (χ1n) is 4.23. The zero-order valence-corrected chi connectivity index (χ0v) is 8.72. The van der Waals surface area contributed by atoms with Crippen molar-refractivity contribution in [1.82, 2.24) is 0 Å². The molecule has 0 saturated heterocycles. The van der Waals surface area contributed by atoms with Gasteiger partial charge in [0.05, 0.1) is 10.3 Å². The molecular weight excluding hydrogens is 200 g/mol. The Hall–Kier alpha value is -1.13. The molecule has 3 nitrogen and oxygen atoms in total. The summed E-state index contributed by atoms with van der Waals surface area (Å²) >= 11 is 1.05. The van der Waals surface area contributed by atoms with Gasteiger partial charge in [-0.2, -0.15) is 0 Å². The molecule has 74 valence electrons. The van der Waals surface area contributed by atoms with E-state index >= 15 is 0 Å². The zero-order chi connectivity index (χ0) is 10.3. The Labute approximate surface area is 84.6 Å². The van der Waals surface area contributed by atoms with Gasteiger partial charge in [-0.15, -0.1) is 0 Å². The van der Waals surface area contributed by atoms with Gasteiger partial charge in [0.25, 0.3) is 0 Å². The number of hydrogen-bond acceptors (Lipinski definition) is 4. The molecular formula is C10H10O3S. The third kappa shape index (κ3) is 1.58.